The smallest absolute Gasteiger partial charge is 0.254 e. The number of ketones is 1. The first kappa shape index (κ1) is 27.1. The minimum absolute atomic E-state index is 0.115. The van der Waals surface area contributed by atoms with Gasteiger partial charge < -0.3 is 10.2 Å². The van der Waals surface area contributed by atoms with Crippen LogP contribution in [-0.4, -0.2) is 36.2 Å². The molecule has 2 aliphatic rings. The molecule has 0 aromatic heterocycles. The zero-order valence-corrected chi connectivity index (χ0v) is 23.6. The van der Waals surface area contributed by atoms with Gasteiger partial charge in [0.25, 0.3) is 5.91 Å². The van der Waals surface area contributed by atoms with Gasteiger partial charge in [0.05, 0.1) is 0 Å². The number of para-hydroxylation sites is 1. The number of nitrogens with zero attached hydrogens (tertiary/aromatic N) is 1. The Morgan fingerprint density at radius 1 is 1.03 bits per heavy atom. The van der Waals surface area contributed by atoms with Crippen LogP contribution >= 0.6 is 20.8 Å². The molecule has 5 rings (SSSR count). The number of likely N-dealkylation sites (tertiary alicyclic amines) is 1. The zero-order chi connectivity index (χ0) is 26.6. The minimum atomic E-state index is 0.115. The third-order valence-corrected chi connectivity index (χ3v) is 8.01. The second-order valence-corrected chi connectivity index (χ2v) is 10.9. The molecule has 6 heteroatoms. The van der Waals surface area contributed by atoms with Gasteiger partial charge in [-0.3, -0.25) is 9.59 Å². The number of aryl methyl sites for hydroxylation is 1. The first-order valence-electron chi connectivity index (χ1n) is 12.7. The van der Waals surface area contributed by atoms with Crippen LogP contribution in [0.1, 0.15) is 53.7 Å². The summed E-state index contributed by atoms with van der Waals surface area (Å²) in [6.07, 6.45) is 3.92. The lowest BCUT2D eigenvalue weighted by Gasteiger charge is -2.39. The number of hydrogen-bond donors (Lipinski definition) is 1. The van der Waals surface area contributed by atoms with Crippen molar-refractivity contribution in [2.24, 2.45) is 0 Å². The van der Waals surface area contributed by atoms with E-state index >= 15 is 0 Å². The standard InChI is InChI=1S/C23H25ClN2O.C8H9OP/c1-3-18(19-9-8-17(24)14-16(19)2)22(27)26-12-10-23(11-13-26)15-25-21-7-5-4-6-20(21)23;1-6(9)7-3-2-4-8(10)5-7/h3-9,14,25H,10-13,15H2,1-2H3;2-5H,10H2,1H3/b18-3+;. The lowest BCUT2D eigenvalue weighted by molar-refractivity contribution is -0.126. The first-order chi connectivity index (χ1) is 17.7. The average Bonchev–Trinajstić information content (AvgIpc) is 3.24. The second-order valence-electron chi connectivity index (χ2n) is 9.81. The number of nitrogens with one attached hydrogen (secondary N) is 1. The number of carbonyl (C=O) groups is 2. The third-order valence-electron chi connectivity index (χ3n) is 7.41. The predicted molar refractivity (Wildman–Crippen MR) is 158 cm³/mol. The summed E-state index contributed by atoms with van der Waals surface area (Å²) in [6, 6.07) is 21.8. The maximum absolute atomic E-state index is 13.2. The van der Waals surface area contributed by atoms with E-state index in [1.165, 1.54) is 11.3 Å². The molecule has 2 aliphatic heterocycles. The van der Waals surface area contributed by atoms with Crippen molar-refractivity contribution in [3.63, 3.8) is 0 Å². The zero-order valence-electron chi connectivity index (χ0n) is 21.7. The number of benzene rings is 3. The van der Waals surface area contributed by atoms with Crippen molar-refractivity contribution in [2.75, 3.05) is 25.0 Å². The van der Waals surface area contributed by atoms with Gasteiger partial charge in [0.2, 0.25) is 0 Å². The fourth-order valence-corrected chi connectivity index (χ4v) is 5.81. The molecule has 1 unspecified atom stereocenters. The van der Waals surface area contributed by atoms with Crippen molar-refractivity contribution in [3.8, 4) is 0 Å². The topological polar surface area (TPSA) is 49.4 Å². The van der Waals surface area contributed by atoms with Crippen LogP contribution in [0.25, 0.3) is 5.57 Å². The second kappa shape index (κ2) is 11.6. The summed E-state index contributed by atoms with van der Waals surface area (Å²) in [5.41, 5.74) is 6.38. The van der Waals surface area contributed by atoms with Crippen LogP contribution in [0.2, 0.25) is 5.02 Å². The van der Waals surface area contributed by atoms with Crippen molar-refractivity contribution in [2.45, 2.75) is 39.0 Å². The lowest BCUT2D eigenvalue weighted by atomic mass is 9.74. The van der Waals surface area contributed by atoms with Crippen molar-refractivity contribution >= 4 is 49.1 Å². The minimum Gasteiger partial charge on any atom is -0.384 e. The van der Waals surface area contributed by atoms with E-state index in [2.05, 4.69) is 38.8 Å². The number of halogens is 1. The Morgan fingerprint density at radius 2 is 1.76 bits per heavy atom. The summed E-state index contributed by atoms with van der Waals surface area (Å²) in [7, 11) is 2.56. The number of anilines is 1. The number of amides is 1. The highest BCUT2D eigenvalue weighted by molar-refractivity contribution is 7.27. The van der Waals surface area contributed by atoms with Crippen LogP contribution in [0.15, 0.2) is 72.8 Å². The number of hydrogen-bond acceptors (Lipinski definition) is 3. The van der Waals surface area contributed by atoms with Gasteiger partial charge in [-0.05, 0) is 79.9 Å². The van der Waals surface area contributed by atoms with Crippen LogP contribution in [0, 0.1) is 6.92 Å². The highest BCUT2D eigenvalue weighted by atomic mass is 35.5. The van der Waals surface area contributed by atoms with Crippen molar-refractivity contribution in [1.29, 1.82) is 0 Å². The summed E-state index contributed by atoms with van der Waals surface area (Å²) in [5.74, 6) is 0.237. The number of rotatable bonds is 3. The van der Waals surface area contributed by atoms with Crippen LogP contribution in [-0.2, 0) is 10.2 Å². The quantitative estimate of drug-likeness (QED) is 0.240. The van der Waals surface area contributed by atoms with Gasteiger partial charge in [0, 0.05) is 46.9 Å². The van der Waals surface area contributed by atoms with Crippen LogP contribution < -0.4 is 10.6 Å². The first-order valence-corrected chi connectivity index (χ1v) is 13.6. The molecule has 3 aromatic carbocycles. The molecule has 192 valence electrons. The fraction of sp³-hybridized carbons (Fsp3) is 0.290. The number of allylic oxidation sites excluding steroid dienone is 1. The molecule has 1 N–H and O–H groups in total. The van der Waals surface area contributed by atoms with Gasteiger partial charge in [0.1, 0.15) is 0 Å². The summed E-state index contributed by atoms with van der Waals surface area (Å²) in [6.45, 7) is 8.06. The Kier molecular flexibility index (Phi) is 8.52. The molecular formula is C31H34ClN2O2P. The van der Waals surface area contributed by atoms with E-state index in [0.717, 1.165) is 60.0 Å². The monoisotopic (exact) mass is 532 g/mol. The van der Waals surface area contributed by atoms with Gasteiger partial charge in [-0.2, -0.15) is 0 Å². The third kappa shape index (κ3) is 5.98. The van der Waals surface area contributed by atoms with Crippen molar-refractivity contribution in [1.82, 2.24) is 4.90 Å². The number of Topliss-reactive ketones (excluding diaryl/α,β-unsaturated/α-hetero) is 1. The molecule has 37 heavy (non-hydrogen) atoms. The molecule has 0 saturated carbocycles. The van der Waals surface area contributed by atoms with Gasteiger partial charge in [-0.15, -0.1) is 9.24 Å². The van der Waals surface area contributed by atoms with Crippen molar-refractivity contribution < 1.29 is 9.59 Å². The number of piperidine rings is 1. The molecule has 0 radical (unpaired) electrons. The summed E-state index contributed by atoms with van der Waals surface area (Å²) in [5, 5.41) is 5.30. The van der Waals surface area contributed by atoms with E-state index in [4.69, 9.17) is 11.6 Å². The van der Waals surface area contributed by atoms with Crippen molar-refractivity contribution in [3.05, 3.63) is 100 Å². The molecule has 1 atom stereocenters. The highest BCUT2D eigenvalue weighted by Gasteiger charge is 2.42. The Hall–Kier alpha value is -2.94. The molecular weight excluding hydrogens is 499 g/mol. The average molecular weight is 533 g/mol. The summed E-state index contributed by atoms with van der Waals surface area (Å²) in [4.78, 5) is 26.0. The summed E-state index contributed by atoms with van der Waals surface area (Å²) >= 11 is 6.08. The Balaban J connectivity index is 0.000000270. The molecule has 0 aliphatic carbocycles. The van der Waals surface area contributed by atoms with Crippen LogP contribution in [0.3, 0.4) is 0 Å². The largest absolute Gasteiger partial charge is 0.384 e. The van der Waals surface area contributed by atoms with E-state index in [1.54, 1.807) is 6.92 Å². The maximum atomic E-state index is 13.2. The van der Waals surface area contributed by atoms with Crippen LogP contribution in [0.4, 0.5) is 5.69 Å². The Bertz CT molecular complexity index is 1340. The van der Waals surface area contributed by atoms with Gasteiger partial charge in [0.15, 0.2) is 5.78 Å². The molecule has 1 amide bonds. The van der Waals surface area contributed by atoms with Gasteiger partial charge in [-0.1, -0.05) is 60.1 Å². The van der Waals surface area contributed by atoms with E-state index in [1.807, 2.05) is 67.3 Å². The van der Waals surface area contributed by atoms with E-state index in [0.29, 0.717) is 5.02 Å². The fourth-order valence-electron chi connectivity index (χ4n) is 5.29. The van der Waals surface area contributed by atoms with E-state index in [9.17, 15) is 9.59 Å². The molecule has 1 spiro atoms. The molecule has 1 fully saturated rings. The SMILES string of the molecule is C/C=C(/C(=O)N1CCC2(CC1)CNc1ccccc12)c1ccc(Cl)cc1C.CC(=O)c1cccc(P)c1. The Labute approximate surface area is 227 Å². The highest BCUT2D eigenvalue weighted by Crippen LogP contribution is 2.44. The Morgan fingerprint density at radius 3 is 2.38 bits per heavy atom. The normalized spacial score (nSPS) is 15.9. The molecule has 4 nitrogen and oxygen atoms in total. The van der Waals surface area contributed by atoms with Crippen LogP contribution in [0.5, 0.6) is 0 Å². The lowest BCUT2D eigenvalue weighted by Crippen LogP contribution is -2.46. The number of fused-ring (bicyclic) bond motifs is 2. The maximum Gasteiger partial charge on any atom is 0.254 e. The van der Waals surface area contributed by atoms with Gasteiger partial charge in [-0.25, -0.2) is 0 Å². The summed E-state index contributed by atoms with van der Waals surface area (Å²) < 4.78 is 0. The van der Waals surface area contributed by atoms with E-state index in [-0.39, 0.29) is 17.1 Å². The predicted octanol–water partition coefficient (Wildman–Crippen LogP) is 6.43. The van der Waals surface area contributed by atoms with E-state index < -0.39 is 0 Å². The number of carbonyl (C=O) groups excluding carboxylic acids is 2. The molecule has 0 bridgehead atoms. The molecule has 1 saturated heterocycles. The molecule has 2 heterocycles. The van der Waals surface area contributed by atoms with Gasteiger partial charge >= 0.3 is 0 Å². The molecule has 3 aromatic rings.